The van der Waals surface area contributed by atoms with E-state index in [2.05, 4.69) is 185 Å². The zero-order valence-electron chi connectivity index (χ0n) is 33.2. The van der Waals surface area contributed by atoms with Crippen LogP contribution in [0.3, 0.4) is 0 Å². The fraction of sp³-hybridized carbons (Fsp3) is 0.333. The maximum atomic E-state index is 2.99. The van der Waals surface area contributed by atoms with Gasteiger partial charge in [-0.15, -0.1) is 46.2 Å². The molecule has 0 aromatic heterocycles. The van der Waals surface area contributed by atoms with Gasteiger partial charge >= 0.3 is 112 Å². The van der Waals surface area contributed by atoms with Crippen molar-refractivity contribution in [3.05, 3.63) is 161 Å². The molecule has 0 spiro atoms. The molecule has 0 nitrogen and oxygen atoms in total. The Hall–Kier alpha value is -3.54. The predicted octanol–water partition coefficient (Wildman–Crippen LogP) is 13.6. The Morgan fingerprint density at radius 3 is 1.40 bits per heavy atom. The van der Waals surface area contributed by atoms with E-state index >= 15 is 0 Å². The van der Waals surface area contributed by atoms with Crippen molar-refractivity contribution in [1.82, 2.24) is 0 Å². The molecule has 3 aliphatic carbocycles. The van der Waals surface area contributed by atoms with Crippen LogP contribution in [0.2, 0.25) is 0 Å². The molecular weight excluding hydrogens is 704 g/mol. The van der Waals surface area contributed by atoms with Gasteiger partial charge in [-0.3, -0.25) is 6.08 Å². The maximum absolute atomic E-state index is 2.99. The van der Waals surface area contributed by atoms with E-state index in [1.165, 1.54) is 66.1 Å². The molecular formula is C51H56Zr. The van der Waals surface area contributed by atoms with Crippen LogP contribution in [-0.2, 0) is 47.9 Å². The Kier molecular flexibility index (Phi) is 10.8. The number of benzene rings is 4. The van der Waals surface area contributed by atoms with Crippen LogP contribution in [0.25, 0.3) is 32.7 Å². The van der Waals surface area contributed by atoms with E-state index in [4.69, 9.17) is 0 Å². The van der Waals surface area contributed by atoms with E-state index in [1.54, 1.807) is 27.4 Å². The minimum atomic E-state index is 0.0848. The van der Waals surface area contributed by atoms with Gasteiger partial charge in [0.2, 0.25) is 0 Å². The molecule has 0 heterocycles. The molecule has 0 atom stereocenters. The molecule has 0 amide bonds. The number of hydrogen-bond donors (Lipinski definition) is 0. The zero-order chi connectivity index (χ0) is 37.5. The Labute approximate surface area is 329 Å². The van der Waals surface area contributed by atoms with Gasteiger partial charge in [-0.05, 0) is 33.1 Å². The van der Waals surface area contributed by atoms with E-state index < -0.39 is 0 Å². The molecule has 0 fully saturated rings. The van der Waals surface area contributed by atoms with E-state index in [0.717, 1.165) is 19.3 Å². The second kappa shape index (κ2) is 14.7. The summed E-state index contributed by atoms with van der Waals surface area (Å²) in [5, 5.41) is 5.58. The summed E-state index contributed by atoms with van der Waals surface area (Å²) in [4.78, 5) is 0. The van der Waals surface area contributed by atoms with E-state index in [-0.39, 0.29) is 21.7 Å². The van der Waals surface area contributed by atoms with Crippen molar-refractivity contribution in [2.24, 2.45) is 10.8 Å². The Bertz CT molecular complexity index is 2060. The van der Waals surface area contributed by atoms with Gasteiger partial charge < -0.3 is 0 Å². The second-order valence-electron chi connectivity index (χ2n) is 18.1. The zero-order valence-corrected chi connectivity index (χ0v) is 35.6. The first-order chi connectivity index (χ1) is 24.4. The van der Waals surface area contributed by atoms with Crippen LogP contribution in [-0.4, -0.2) is 3.21 Å². The summed E-state index contributed by atoms with van der Waals surface area (Å²) in [6.07, 6.45) is 17.2. The standard InChI is InChI=1S/C31H37.C15H14.C5H5.Zr/c1-28(2,3)26-16-30(7,8)24-12-18-11-19-13-25-23(15-21(19)20(18)14-22(24)26)27(29(4,5)6)17-31(25,9)10;1-3-8-14(9-4-1)12-7-13-15-10-5-2-6-11-15;1-2-4-5-3-1;/h11-17H,1-10H3;1-6,8-11H,12-13H2;1-3H,4H2;/q-1;;-1;+2. The summed E-state index contributed by atoms with van der Waals surface area (Å²) < 4.78 is 1.60. The molecule has 0 radical (unpaired) electrons. The van der Waals surface area contributed by atoms with Crippen molar-refractivity contribution in [2.75, 3.05) is 0 Å². The van der Waals surface area contributed by atoms with Crippen LogP contribution in [0.4, 0.5) is 0 Å². The van der Waals surface area contributed by atoms with Crippen molar-refractivity contribution in [1.29, 1.82) is 0 Å². The van der Waals surface area contributed by atoms with Crippen LogP contribution < -0.4 is 0 Å². The summed E-state index contributed by atoms with van der Waals surface area (Å²) in [7, 11) is 0. The first-order valence-corrected chi connectivity index (χ1v) is 20.2. The molecule has 1 heteroatoms. The fourth-order valence-electron chi connectivity index (χ4n) is 7.98. The first kappa shape index (κ1) is 38.2. The Morgan fingerprint density at radius 2 is 1.08 bits per heavy atom. The molecule has 8 rings (SSSR count). The topological polar surface area (TPSA) is 0 Å². The van der Waals surface area contributed by atoms with E-state index in [1.807, 2.05) is 12.2 Å². The molecule has 0 bridgehead atoms. The third-order valence-electron chi connectivity index (χ3n) is 10.7. The molecule has 5 aromatic rings. The minimum absolute atomic E-state index is 0.0848. The fourth-order valence-corrected chi connectivity index (χ4v) is 8.98. The summed E-state index contributed by atoms with van der Waals surface area (Å²) in [5.41, 5.74) is 12.1. The van der Waals surface area contributed by atoms with E-state index in [0.29, 0.717) is 0 Å². The Morgan fingerprint density at radius 1 is 0.654 bits per heavy atom. The van der Waals surface area contributed by atoms with Gasteiger partial charge in [0.05, 0.1) is 0 Å². The number of rotatable bonds is 4. The van der Waals surface area contributed by atoms with Gasteiger partial charge in [-0.2, -0.15) is 6.08 Å². The average molecular weight is 760 g/mol. The van der Waals surface area contributed by atoms with Crippen molar-refractivity contribution < 1.29 is 24.2 Å². The van der Waals surface area contributed by atoms with Gasteiger partial charge in [-0.25, -0.2) is 12.2 Å². The van der Waals surface area contributed by atoms with E-state index in [9.17, 15) is 0 Å². The first-order valence-electron chi connectivity index (χ1n) is 19.0. The SMILES string of the molecule is CC(C)(C)C1=CC(C)(C)c2cc3[cH-]c4cc5c(cc4c3cc21)C(C(C)(C)C)=CC5(C)C.[C-]1=CC=CC1.[Zr+2]=[C](Cc1ccccc1)Cc1ccccc1. The third-order valence-corrected chi connectivity index (χ3v) is 11.6. The van der Waals surface area contributed by atoms with Gasteiger partial charge in [-0.1, -0.05) is 105 Å². The molecule has 3 aliphatic rings. The van der Waals surface area contributed by atoms with Gasteiger partial charge in [0.25, 0.3) is 0 Å². The molecule has 5 aromatic carbocycles. The average Bonchev–Trinajstić information content (AvgIpc) is 3.86. The third kappa shape index (κ3) is 8.32. The normalized spacial score (nSPS) is 16.5. The molecule has 0 aliphatic heterocycles. The molecule has 52 heavy (non-hydrogen) atoms. The number of hydrogen-bond acceptors (Lipinski definition) is 0. The molecule has 0 saturated carbocycles. The van der Waals surface area contributed by atoms with Crippen molar-refractivity contribution in [3.63, 3.8) is 0 Å². The van der Waals surface area contributed by atoms with Gasteiger partial charge in [0.1, 0.15) is 0 Å². The predicted molar refractivity (Wildman–Crippen MR) is 225 cm³/mol. The molecule has 264 valence electrons. The molecule has 0 N–H and O–H groups in total. The van der Waals surface area contributed by atoms with Crippen LogP contribution >= 0.6 is 0 Å². The summed E-state index contributed by atoms with van der Waals surface area (Å²) in [5.74, 6) is 0. The van der Waals surface area contributed by atoms with Gasteiger partial charge in [0.15, 0.2) is 0 Å². The van der Waals surface area contributed by atoms with Crippen LogP contribution in [0.15, 0.2) is 121 Å². The molecule has 0 unspecified atom stereocenters. The quantitative estimate of drug-likeness (QED) is 0.160. The van der Waals surface area contributed by atoms with Crippen molar-refractivity contribution in [3.8, 4) is 0 Å². The van der Waals surface area contributed by atoms with Crippen LogP contribution in [0.1, 0.15) is 109 Å². The molecule has 0 saturated heterocycles. The summed E-state index contributed by atoms with van der Waals surface area (Å²) >= 11 is 1.55. The number of fused-ring (bicyclic) bond motifs is 5. The monoisotopic (exact) mass is 758 g/mol. The second-order valence-corrected chi connectivity index (χ2v) is 19.8. The van der Waals surface area contributed by atoms with Crippen molar-refractivity contribution in [2.45, 2.75) is 99.3 Å². The van der Waals surface area contributed by atoms with Crippen molar-refractivity contribution >= 4 is 35.9 Å². The van der Waals surface area contributed by atoms with Gasteiger partial charge in [0, 0.05) is 10.8 Å². The summed E-state index contributed by atoms with van der Waals surface area (Å²) in [6, 6.07) is 33.7. The summed E-state index contributed by atoms with van der Waals surface area (Å²) in [6.45, 7) is 23.5. The van der Waals surface area contributed by atoms with Crippen LogP contribution in [0.5, 0.6) is 0 Å². The van der Waals surface area contributed by atoms with Crippen LogP contribution in [0, 0.1) is 16.9 Å². The number of allylic oxidation sites excluding steroid dienone is 8. The Balaban J connectivity index is 0.000000183.